The van der Waals surface area contributed by atoms with E-state index in [1.54, 1.807) is 0 Å². The fraction of sp³-hybridized carbons (Fsp3) is 0.941. The summed E-state index contributed by atoms with van der Waals surface area (Å²) in [4.78, 5) is 12.8. The molecule has 0 aliphatic heterocycles. The van der Waals surface area contributed by atoms with Crippen LogP contribution in [0.4, 0.5) is 0 Å². The first-order valence-corrected chi connectivity index (χ1v) is 8.01. The SMILES string of the molecule is CCCNC(=O)C12CC3(C)CC(C)(CC(C)(C3)C1)C2. The lowest BCUT2D eigenvalue weighted by atomic mass is 9.36. The Balaban J connectivity index is 1.93. The van der Waals surface area contributed by atoms with Crippen LogP contribution in [0.3, 0.4) is 0 Å². The Kier molecular flexibility index (Phi) is 2.67. The lowest BCUT2D eigenvalue weighted by Crippen LogP contribution is -2.62. The molecule has 108 valence electrons. The molecule has 0 heterocycles. The Morgan fingerprint density at radius 2 is 1.32 bits per heavy atom. The van der Waals surface area contributed by atoms with E-state index in [1.807, 2.05) is 0 Å². The van der Waals surface area contributed by atoms with Gasteiger partial charge in [-0.3, -0.25) is 4.79 Å². The highest BCUT2D eigenvalue weighted by atomic mass is 16.2. The van der Waals surface area contributed by atoms with E-state index < -0.39 is 0 Å². The molecule has 0 aromatic rings. The Morgan fingerprint density at radius 3 is 1.68 bits per heavy atom. The van der Waals surface area contributed by atoms with Gasteiger partial charge in [0.1, 0.15) is 0 Å². The maximum atomic E-state index is 12.8. The van der Waals surface area contributed by atoms with Crippen LogP contribution in [0.25, 0.3) is 0 Å². The topological polar surface area (TPSA) is 29.1 Å². The summed E-state index contributed by atoms with van der Waals surface area (Å²) in [5.74, 6) is 0.358. The molecule has 0 aromatic carbocycles. The van der Waals surface area contributed by atoms with Crippen molar-refractivity contribution in [2.45, 2.75) is 72.6 Å². The zero-order valence-electron chi connectivity index (χ0n) is 13.1. The third kappa shape index (κ3) is 2.02. The molecule has 4 rings (SSSR count). The number of hydrogen-bond donors (Lipinski definition) is 1. The van der Waals surface area contributed by atoms with Crippen molar-refractivity contribution >= 4 is 5.91 Å². The molecule has 1 amide bonds. The highest BCUT2D eigenvalue weighted by Crippen LogP contribution is 2.73. The molecule has 4 fully saturated rings. The predicted octanol–water partition coefficient (Wildman–Crippen LogP) is 3.90. The summed E-state index contributed by atoms with van der Waals surface area (Å²) < 4.78 is 0. The molecule has 4 saturated carbocycles. The second-order valence-corrected chi connectivity index (χ2v) is 9.03. The molecule has 4 aliphatic rings. The van der Waals surface area contributed by atoms with Gasteiger partial charge in [0.05, 0.1) is 5.41 Å². The Labute approximate surface area is 117 Å². The largest absolute Gasteiger partial charge is 0.356 e. The predicted molar refractivity (Wildman–Crippen MR) is 77.8 cm³/mol. The molecule has 0 atom stereocenters. The molecular weight excluding hydrogens is 234 g/mol. The van der Waals surface area contributed by atoms with Gasteiger partial charge in [0.2, 0.25) is 5.91 Å². The number of hydrogen-bond acceptors (Lipinski definition) is 1. The average Bonchev–Trinajstić information content (AvgIpc) is 2.18. The Bertz CT molecular complexity index is 360. The van der Waals surface area contributed by atoms with Crippen LogP contribution in [0, 0.1) is 21.7 Å². The lowest BCUT2D eigenvalue weighted by molar-refractivity contribution is -0.191. The number of carbonyl (C=O) groups is 1. The van der Waals surface area contributed by atoms with Gasteiger partial charge < -0.3 is 5.32 Å². The third-order valence-electron chi connectivity index (χ3n) is 5.87. The van der Waals surface area contributed by atoms with Crippen LogP contribution < -0.4 is 5.32 Å². The van der Waals surface area contributed by atoms with Crippen LogP contribution in [0.1, 0.15) is 72.6 Å². The van der Waals surface area contributed by atoms with Crippen molar-refractivity contribution in [2.24, 2.45) is 21.7 Å². The number of carbonyl (C=O) groups excluding carboxylic acids is 1. The number of rotatable bonds is 3. The molecule has 0 radical (unpaired) electrons. The molecular formula is C17H29NO. The van der Waals surface area contributed by atoms with Crippen molar-refractivity contribution in [3.63, 3.8) is 0 Å². The van der Waals surface area contributed by atoms with Gasteiger partial charge in [0.15, 0.2) is 0 Å². The normalized spacial score (nSPS) is 51.4. The van der Waals surface area contributed by atoms with Gasteiger partial charge in [-0.1, -0.05) is 27.7 Å². The zero-order valence-corrected chi connectivity index (χ0v) is 13.1. The minimum Gasteiger partial charge on any atom is -0.356 e. The van der Waals surface area contributed by atoms with Crippen LogP contribution in [-0.4, -0.2) is 12.5 Å². The molecule has 2 nitrogen and oxygen atoms in total. The van der Waals surface area contributed by atoms with Gasteiger partial charge in [-0.15, -0.1) is 0 Å². The molecule has 0 aromatic heterocycles. The molecule has 4 aliphatic carbocycles. The standard InChI is InChI=1S/C17H29NO/c1-5-6-18-13(19)17-10-14(2)7-15(3,11-17)9-16(4,8-14)12-17/h5-12H2,1-4H3,(H,18,19). The summed E-state index contributed by atoms with van der Waals surface area (Å²) in [5, 5.41) is 3.20. The molecule has 4 bridgehead atoms. The van der Waals surface area contributed by atoms with Gasteiger partial charge in [-0.2, -0.15) is 0 Å². The highest BCUT2D eigenvalue weighted by molar-refractivity contribution is 5.83. The Morgan fingerprint density at radius 1 is 0.895 bits per heavy atom. The summed E-state index contributed by atoms with van der Waals surface area (Å²) in [6, 6.07) is 0. The second-order valence-electron chi connectivity index (χ2n) is 9.03. The van der Waals surface area contributed by atoms with E-state index in [4.69, 9.17) is 0 Å². The molecule has 0 unspecified atom stereocenters. The van der Waals surface area contributed by atoms with E-state index in [0.717, 1.165) is 32.2 Å². The lowest BCUT2D eigenvalue weighted by Gasteiger charge is -2.68. The zero-order chi connectivity index (χ0) is 13.9. The first kappa shape index (κ1) is 13.5. The first-order chi connectivity index (χ1) is 8.72. The third-order valence-corrected chi connectivity index (χ3v) is 5.87. The number of nitrogens with one attached hydrogen (secondary N) is 1. The number of amides is 1. The van der Waals surface area contributed by atoms with Crippen molar-refractivity contribution < 1.29 is 4.79 Å². The van der Waals surface area contributed by atoms with Gasteiger partial charge in [0.25, 0.3) is 0 Å². The maximum absolute atomic E-state index is 12.8. The summed E-state index contributed by atoms with van der Waals surface area (Å²) in [5.41, 5.74) is 1.16. The minimum atomic E-state index is -0.0534. The van der Waals surface area contributed by atoms with Crippen LogP contribution >= 0.6 is 0 Å². The molecule has 19 heavy (non-hydrogen) atoms. The van der Waals surface area contributed by atoms with E-state index in [-0.39, 0.29) is 5.41 Å². The van der Waals surface area contributed by atoms with Crippen LogP contribution in [0.2, 0.25) is 0 Å². The average molecular weight is 263 g/mol. The second kappa shape index (κ2) is 3.77. The molecule has 1 N–H and O–H groups in total. The van der Waals surface area contributed by atoms with Crippen LogP contribution in [0.15, 0.2) is 0 Å². The van der Waals surface area contributed by atoms with Crippen LogP contribution in [0.5, 0.6) is 0 Å². The van der Waals surface area contributed by atoms with E-state index >= 15 is 0 Å². The van der Waals surface area contributed by atoms with E-state index in [2.05, 4.69) is 33.0 Å². The van der Waals surface area contributed by atoms with Gasteiger partial charge in [-0.25, -0.2) is 0 Å². The van der Waals surface area contributed by atoms with E-state index in [1.165, 1.54) is 19.3 Å². The molecule has 2 heteroatoms. The first-order valence-electron chi connectivity index (χ1n) is 8.01. The summed E-state index contributed by atoms with van der Waals surface area (Å²) in [7, 11) is 0. The quantitative estimate of drug-likeness (QED) is 0.822. The summed E-state index contributed by atoms with van der Waals surface area (Å²) >= 11 is 0. The van der Waals surface area contributed by atoms with E-state index in [9.17, 15) is 4.79 Å². The van der Waals surface area contributed by atoms with Crippen molar-refractivity contribution in [1.82, 2.24) is 5.32 Å². The highest BCUT2D eigenvalue weighted by Gasteiger charge is 2.66. The van der Waals surface area contributed by atoms with Crippen molar-refractivity contribution in [3.05, 3.63) is 0 Å². The van der Waals surface area contributed by atoms with Crippen molar-refractivity contribution in [1.29, 1.82) is 0 Å². The summed E-state index contributed by atoms with van der Waals surface area (Å²) in [6.45, 7) is 10.3. The van der Waals surface area contributed by atoms with Crippen molar-refractivity contribution in [3.8, 4) is 0 Å². The fourth-order valence-corrected chi connectivity index (χ4v) is 6.96. The maximum Gasteiger partial charge on any atom is 0.226 e. The van der Waals surface area contributed by atoms with E-state index in [0.29, 0.717) is 22.2 Å². The van der Waals surface area contributed by atoms with Gasteiger partial charge in [0, 0.05) is 6.54 Å². The molecule has 0 saturated heterocycles. The summed E-state index contributed by atoms with van der Waals surface area (Å²) in [6.07, 6.45) is 8.41. The monoisotopic (exact) mass is 263 g/mol. The van der Waals surface area contributed by atoms with Gasteiger partial charge >= 0.3 is 0 Å². The van der Waals surface area contributed by atoms with Gasteiger partial charge in [-0.05, 0) is 61.2 Å². The minimum absolute atomic E-state index is 0.0534. The molecule has 0 spiro atoms. The van der Waals surface area contributed by atoms with Crippen LogP contribution in [-0.2, 0) is 4.79 Å². The smallest absolute Gasteiger partial charge is 0.226 e. The van der Waals surface area contributed by atoms with Crippen molar-refractivity contribution in [2.75, 3.05) is 6.54 Å². The fourth-order valence-electron chi connectivity index (χ4n) is 6.96. The Hall–Kier alpha value is -0.530.